The third-order valence-electron chi connectivity index (χ3n) is 8.46. The first-order chi connectivity index (χ1) is 21.0. The number of hydrogen-bond donors (Lipinski definition) is 0. The number of unbranched alkanes of at least 4 members (excludes halogenated alkanes) is 10. The Balaban J connectivity index is 1.94. The lowest BCUT2D eigenvalue weighted by Gasteiger charge is -2.32. The van der Waals surface area contributed by atoms with Crippen molar-refractivity contribution in [2.24, 2.45) is 5.41 Å². The Labute approximate surface area is 259 Å². The number of carbonyl (C=O) groups excluding carboxylic acids is 2. The Morgan fingerprint density at radius 2 is 1.12 bits per heavy atom. The molecule has 0 saturated carbocycles. The van der Waals surface area contributed by atoms with E-state index in [1.54, 1.807) is 18.4 Å². The van der Waals surface area contributed by atoms with Crippen LogP contribution in [-0.4, -0.2) is 42.9 Å². The van der Waals surface area contributed by atoms with Gasteiger partial charge in [-0.15, -0.1) is 0 Å². The highest BCUT2D eigenvalue weighted by Crippen LogP contribution is 2.45. The zero-order chi connectivity index (χ0) is 30.9. The number of rotatable bonds is 20. The topological polar surface area (TPSA) is 76.0 Å². The number of aromatic nitrogens is 1. The lowest BCUT2D eigenvalue weighted by atomic mass is 9.79. The van der Waals surface area contributed by atoms with Crippen LogP contribution in [0.2, 0.25) is 0 Å². The minimum Gasteiger partial charge on any atom is -0.487 e. The zero-order valence-electron chi connectivity index (χ0n) is 27.2. The van der Waals surface area contributed by atoms with Crippen molar-refractivity contribution in [3.63, 3.8) is 0 Å². The maximum absolute atomic E-state index is 13.5. The van der Waals surface area contributed by atoms with Crippen molar-refractivity contribution in [3.8, 4) is 11.5 Å². The second-order valence-electron chi connectivity index (χ2n) is 12.0. The van der Waals surface area contributed by atoms with E-state index in [4.69, 9.17) is 18.9 Å². The first kappa shape index (κ1) is 34.5. The Bertz CT molecular complexity index is 1040. The minimum absolute atomic E-state index is 0.191. The molecule has 0 N–H and O–H groups in total. The van der Waals surface area contributed by atoms with E-state index < -0.39 is 11.9 Å². The van der Waals surface area contributed by atoms with Crippen molar-refractivity contribution in [1.29, 1.82) is 0 Å². The van der Waals surface area contributed by atoms with Crippen LogP contribution in [0, 0.1) is 5.41 Å². The molecule has 43 heavy (non-hydrogen) atoms. The molecule has 240 valence electrons. The summed E-state index contributed by atoms with van der Waals surface area (Å²) in [6.45, 7) is 9.61. The van der Waals surface area contributed by atoms with E-state index in [1.807, 2.05) is 30.3 Å². The van der Waals surface area contributed by atoms with Gasteiger partial charge in [-0.25, -0.2) is 9.59 Å². The van der Waals surface area contributed by atoms with Crippen molar-refractivity contribution in [2.75, 3.05) is 26.4 Å². The highest BCUT2D eigenvalue weighted by molar-refractivity contribution is 6.00. The third-order valence-corrected chi connectivity index (χ3v) is 8.46. The Hall–Kier alpha value is -2.96. The average Bonchev–Trinajstić information content (AvgIpc) is 3.20. The van der Waals surface area contributed by atoms with Crippen LogP contribution >= 0.6 is 0 Å². The van der Waals surface area contributed by atoms with Gasteiger partial charge in [-0.1, -0.05) is 121 Å². The van der Waals surface area contributed by atoms with Crippen LogP contribution in [0.1, 0.15) is 144 Å². The van der Waals surface area contributed by atoms with E-state index >= 15 is 0 Å². The number of fused-ring (bicyclic) bond motifs is 1. The number of hydrogen-bond acceptors (Lipinski definition) is 6. The molecule has 2 aromatic rings. The van der Waals surface area contributed by atoms with Crippen molar-refractivity contribution in [2.45, 2.75) is 124 Å². The van der Waals surface area contributed by atoms with Crippen LogP contribution in [0.4, 0.5) is 0 Å². The molecule has 0 fully saturated rings. The molecule has 0 unspecified atom stereocenters. The molecule has 0 aliphatic carbocycles. The van der Waals surface area contributed by atoms with E-state index in [0.717, 1.165) is 31.2 Å². The molecule has 3 rings (SSSR count). The molecule has 1 aliphatic rings. The second kappa shape index (κ2) is 18.6. The lowest BCUT2D eigenvalue weighted by molar-refractivity contribution is 0.0482. The smallest absolute Gasteiger partial charge is 0.359 e. The molecule has 0 bridgehead atoms. The molecule has 7 heteroatoms. The first-order valence-corrected chi connectivity index (χ1v) is 16.9. The van der Waals surface area contributed by atoms with Gasteiger partial charge in [0.2, 0.25) is 0 Å². The van der Waals surface area contributed by atoms with E-state index in [1.165, 1.54) is 64.2 Å². The molecule has 0 amide bonds. The summed E-state index contributed by atoms with van der Waals surface area (Å²) >= 11 is 0. The van der Waals surface area contributed by atoms with Gasteiger partial charge in [0.1, 0.15) is 0 Å². The average molecular weight is 598 g/mol. The molecule has 1 aromatic carbocycles. The summed E-state index contributed by atoms with van der Waals surface area (Å²) in [5.74, 6) is -0.475. The van der Waals surface area contributed by atoms with Crippen LogP contribution in [-0.2, 0) is 16.0 Å². The second-order valence-corrected chi connectivity index (χ2v) is 12.0. The van der Waals surface area contributed by atoms with Gasteiger partial charge < -0.3 is 23.5 Å². The molecular weight excluding hydrogens is 542 g/mol. The van der Waals surface area contributed by atoms with Crippen molar-refractivity contribution < 1.29 is 28.5 Å². The molecular formula is C36H55NO6. The molecule has 0 spiro atoms. The Kier molecular flexibility index (Phi) is 15.0. The highest BCUT2D eigenvalue weighted by atomic mass is 16.6. The predicted molar refractivity (Wildman–Crippen MR) is 171 cm³/mol. The predicted octanol–water partition coefficient (Wildman–Crippen LogP) is 9.15. The largest absolute Gasteiger partial charge is 0.487 e. The summed E-state index contributed by atoms with van der Waals surface area (Å²) in [5, 5.41) is 0. The van der Waals surface area contributed by atoms with Crippen LogP contribution < -0.4 is 9.47 Å². The van der Waals surface area contributed by atoms with Crippen molar-refractivity contribution in [3.05, 3.63) is 47.3 Å². The van der Waals surface area contributed by atoms with Crippen molar-refractivity contribution >= 4 is 11.9 Å². The normalized spacial score (nSPS) is 13.9. The molecule has 0 saturated heterocycles. The monoisotopic (exact) mass is 597 g/mol. The number of benzene rings is 1. The van der Waals surface area contributed by atoms with Gasteiger partial charge in [-0.05, 0) is 32.3 Å². The van der Waals surface area contributed by atoms with Gasteiger partial charge in [0.25, 0.3) is 0 Å². The summed E-state index contributed by atoms with van der Waals surface area (Å²) in [7, 11) is 0. The molecule has 2 heterocycles. The fraction of sp³-hybridized carbons (Fsp3) is 0.667. The number of esters is 2. The van der Waals surface area contributed by atoms with Gasteiger partial charge in [0, 0.05) is 12.0 Å². The van der Waals surface area contributed by atoms with E-state index in [2.05, 4.69) is 13.8 Å². The quantitative estimate of drug-likeness (QED) is 0.112. The maximum Gasteiger partial charge on any atom is 0.359 e. The summed E-state index contributed by atoms with van der Waals surface area (Å²) in [4.78, 5) is 26.9. The maximum atomic E-state index is 13.5. The zero-order valence-corrected chi connectivity index (χ0v) is 27.2. The first-order valence-electron chi connectivity index (χ1n) is 16.9. The highest BCUT2D eigenvalue weighted by Gasteiger charge is 2.41. The van der Waals surface area contributed by atoms with E-state index in [0.29, 0.717) is 24.7 Å². The fourth-order valence-electron chi connectivity index (χ4n) is 6.04. The number of nitrogens with zero attached hydrogens (tertiary/aromatic N) is 1. The minimum atomic E-state index is -0.534. The van der Waals surface area contributed by atoms with Crippen LogP contribution in [0.25, 0.3) is 0 Å². The van der Waals surface area contributed by atoms with Crippen molar-refractivity contribution in [1.82, 2.24) is 4.57 Å². The fourth-order valence-corrected chi connectivity index (χ4v) is 6.04. The number of ether oxygens (including phenoxy) is 4. The van der Waals surface area contributed by atoms with E-state index in [9.17, 15) is 9.59 Å². The summed E-state index contributed by atoms with van der Waals surface area (Å²) in [5.41, 5.74) is 1.16. The standard InChI is InChI=1S/C36H55NO6/c1-5-9-11-13-15-20-24-36(25-21-16-14-12-10-6-2)27-42-32-30(34(38)40-7-3)37(26-29-22-18-17-19-23-29)31(33(32)43-28-36)35(39)41-8-4/h17-19,22-23H,5-16,20-21,24-28H2,1-4H3. The van der Waals surface area contributed by atoms with Crippen LogP contribution in [0.3, 0.4) is 0 Å². The molecule has 1 aromatic heterocycles. The molecule has 0 atom stereocenters. The Morgan fingerprint density at radius 1 is 0.674 bits per heavy atom. The van der Waals surface area contributed by atoms with E-state index in [-0.39, 0.29) is 36.6 Å². The summed E-state index contributed by atoms with van der Waals surface area (Å²) in [6.07, 6.45) is 16.7. The van der Waals surface area contributed by atoms with Gasteiger partial charge in [0.05, 0.1) is 26.4 Å². The SMILES string of the molecule is CCCCCCCCC1(CCCCCCCC)COc2c(c(C(=O)OCC)n(Cc3ccccc3)c2C(=O)OCC)OC1. The van der Waals surface area contributed by atoms with Crippen LogP contribution in [0.5, 0.6) is 11.5 Å². The van der Waals surface area contributed by atoms with Gasteiger partial charge >= 0.3 is 11.9 Å². The van der Waals surface area contributed by atoms with Gasteiger partial charge in [-0.2, -0.15) is 0 Å². The Morgan fingerprint density at radius 3 is 1.56 bits per heavy atom. The number of carbonyl (C=O) groups is 2. The third kappa shape index (κ3) is 10.0. The molecule has 1 aliphatic heterocycles. The lowest BCUT2D eigenvalue weighted by Crippen LogP contribution is -2.34. The van der Waals surface area contributed by atoms with Crippen LogP contribution in [0.15, 0.2) is 30.3 Å². The van der Waals surface area contributed by atoms with Gasteiger partial charge in [0.15, 0.2) is 22.9 Å². The summed E-state index contributed by atoms with van der Waals surface area (Å²) < 4.78 is 25.8. The molecule has 7 nitrogen and oxygen atoms in total. The molecule has 0 radical (unpaired) electrons. The van der Waals surface area contributed by atoms with Gasteiger partial charge in [-0.3, -0.25) is 0 Å². The summed E-state index contributed by atoms with van der Waals surface area (Å²) in [6, 6.07) is 9.73.